The number of nitrogens with zero attached hydrogens (tertiary/aromatic N) is 4. The van der Waals surface area contributed by atoms with Crippen molar-refractivity contribution in [3.8, 4) is 0 Å². The lowest BCUT2D eigenvalue weighted by Gasteiger charge is -2.40. The molecule has 0 saturated carbocycles. The highest BCUT2D eigenvalue weighted by molar-refractivity contribution is 14.0. The van der Waals surface area contributed by atoms with Gasteiger partial charge in [0.1, 0.15) is 0 Å². The number of halogens is 4. The molecule has 2 aromatic rings. The van der Waals surface area contributed by atoms with E-state index in [0.29, 0.717) is 6.54 Å². The Morgan fingerprint density at radius 1 is 1.22 bits per heavy atom. The van der Waals surface area contributed by atoms with Gasteiger partial charge in [-0.2, -0.15) is 18.3 Å². The molecule has 6 nitrogen and oxygen atoms in total. The van der Waals surface area contributed by atoms with Crippen molar-refractivity contribution in [3.63, 3.8) is 0 Å². The number of aromatic nitrogens is 2. The van der Waals surface area contributed by atoms with E-state index in [-0.39, 0.29) is 35.9 Å². The Kier molecular flexibility index (Phi) is 10.3. The van der Waals surface area contributed by atoms with E-state index in [2.05, 4.69) is 25.6 Å². The summed E-state index contributed by atoms with van der Waals surface area (Å²) in [5.74, 6) is 1.01. The summed E-state index contributed by atoms with van der Waals surface area (Å²) in [4.78, 5) is 6.53. The van der Waals surface area contributed by atoms with Crippen LogP contribution in [0.25, 0.3) is 0 Å². The average molecular weight is 564 g/mol. The van der Waals surface area contributed by atoms with Gasteiger partial charge in [0.25, 0.3) is 0 Å². The fourth-order valence-electron chi connectivity index (χ4n) is 4.20. The lowest BCUT2D eigenvalue weighted by molar-refractivity contribution is -0.137. The van der Waals surface area contributed by atoms with Gasteiger partial charge in [-0.1, -0.05) is 12.1 Å². The molecule has 1 aromatic heterocycles. The molecule has 2 atom stereocenters. The predicted octanol–water partition coefficient (Wildman–Crippen LogP) is 4.16. The average Bonchev–Trinajstić information content (AvgIpc) is 3.26. The maximum atomic E-state index is 12.9. The van der Waals surface area contributed by atoms with Gasteiger partial charge < -0.3 is 10.6 Å². The van der Waals surface area contributed by atoms with Crippen molar-refractivity contribution in [1.29, 1.82) is 0 Å². The van der Waals surface area contributed by atoms with Crippen molar-refractivity contribution in [1.82, 2.24) is 25.3 Å². The number of alkyl halides is 3. The SMILES string of the molecule is CN=C(NCCCn1cccn1)NCC1CCCN(C)C1c1ccc(C(F)(F)F)cc1.I. The van der Waals surface area contributed by atoms with Gasteiger partial charge in [-0.25, -0.2) is 0 Å². The molecule has 32 heavy (non-hydrogen) atoms. The van der Waals surface area contributed by atoms with Gasteiger partial charge >= 0.3 is 6.18 Å². The highest BCUT2D eigenvalue weighted by Gasteiger charge is 2.33. The molecule has 1 fully saturated rings. The largest absolute Gasteiger partial charge is 0.416 e. The highest BCUT2D eigenvalue weighted by Crippen LogP contribution is 2.36. The van der Waals surface area contributed by atoms with Gasteiger partial charge in [-0.15, -0.1) is 24.0 Å². The Hall–Kier alpha value is -1.82. The summed E-state index contributed by atoms with van der Waals surface area (Å²) < 4.78 is 40.7. The van der Waals surface area contributed by atoms with Crippen LogP contribution in [-0.4, -0.2) is 54.4 Å². The molecular weight excluding hydrogens is 532 g/mol. The van der Waals surface area contributed by atoms with Crippen LogP contribution in [0.4, 0.5) is 13.2 Å². The second-order valence-corrected chi connectivity index (χ2v) is 7.95. The first-order valence-electron chi connectivity index (χ1n) is 10.7. The van der Waals surface area contributed by atoms with E-state index in [9.17, 15) is 13.2 Å². The van der Waals surface area contributed by atoms with Gasteiger partial charge in [0.2, 0.25) is 0 Å². The minimum absolute atomic E-state index is 0. The molecule has 2 heterocycles. The van der Waals surface area contributed by atoms with Gasteiger partial charge in [-0.3, -0.25) is 14.6 Å². The lowest BCUT2D eigenvalue weighted by atomic mass is 9.84. The Balaban J connectivity index is 0.00000363. The summed E-state index contributed by atoms with van der Waals surface area (Å²) in [7, 11) is 3.78. The number of aryl methyl sites for hydroxylation is 1. The molecule has 1 aromatic carbocycles. The zero-order chi connectivity index (χ0) is 22.3. The molecule has 0 amide bonds. The number of guanidine groups is 1. The van der Waals surface area contributed by atoms with E-state index < -0.39 is 11.7 Å². The monoisotopic (exact) mass is 564 g/mol. The Morgan fingerprint density at radius 2 is 1.97 bits per heavy atom. The van der Waals surface area contributed by atoms with E-state index in [1.165, 1.54) is 12.1 Å². The van der Waals surface area contributed by atoms with Crippen LogP contribution in [0.1, 0.15) is 36.4 Å². The van der Waals surface area contributed by atoms with Crippen LogP contribution >= 0.6 is 24.0 Å². The first-order chi connectivity index (χ1) is 14.9. The number of rotatable bonds is 7. The summed E-state index contributed by atoms with van der Waals surface area (Å²) in [5.41, 5.74) is 0.313. The quantitative estimate of drug-likeness (QED) is 0.230. The smallest absolute Gasteiger partial charge is 0.356 e. The van der Waals surface area contributed by atoms with Crippen LogP contribution in [-0.2, 0) is 12.7 Å². The Bertz CT molecular complexity index is 823. The zero-order valence-corrected chi connectivity index (χ0v) is 20.8. The second kappa shape index (κ2) is 12.4. The first-order valence-corrected chi connectivity index (χ1v) is 10.7. The predicted molar refractivity (Wildman–Crippen MR) is 131 cm³/mol. The maximum Gasteiger partial charge on any atom is 0.416 e. The van der Waals surface area contributed by atoms with Crippen molar-refractivity contribution in [2.24, 2.45) is 10.9 Å². The van der Waals surface area contributed by atoms with E-state index >= 15 is 0 Å². The van der Waals surface area contributed by atoms with Crippen LogP contribution in [0.15, 0.2) is 47.7 Å². The number of piperidine rings is 1. The molecule has 0 aliphatic carbocycles. The van der Waals surface area contributed by atoms with Crippen LogP contribution in [0.3, 0.4) is 0 Å². The number of likely N-dealkylation sites (tertiary alicyclic amines) is 1. The minimum atomic E-state index is -4.31. The van der Waals surface area contributed by atoms with E-state index in [1.807, 2.05) is 24.0 Å². The minimum Gasteiger partial charge on any atom is -0.356 e. The van der Waals surface area contributed by atoms with Crippen molar-refractivity contribution >= 4 is 29.9 Å². The van der Waals surface area contributed by atoms with Crippen LogP contribution in [0, 0.1) is 5.92 Å². The van der Waals surface area contributed by atoms with E-state index in [0.717, 1.165) is 50.4 Å². The number of hydrogen-bond donors (Lipinski definition) is 2. The van der Waals surface area contributed by atoms with Crippen molar-refractivity contribution in [2.75, 3.05) is 33.7 Å². The van der Waals surface area contributed by atoms with Crippen molar-refractivity contribution in [3.05, 3.63) is 53.9 Å². The molecule has 2 N–H and O–H groups in total. The Labute approximate surface area is 204 Å². The van der Waals surface area contributed by atoms with Gasteiger partial charge in [0.15, 0.2) is 5.96 Å². The van der Waals surface area contributed by atoms with Gasteiger partial charge in [0.05, 0.1) is 5.56 Å². The summed E-state index contributed by atoms with van der Waals surface area (Å²) >= 11 is 0. The highest BCUT2D eigenvalue weighted by atomic mass is 127. The molecule has 178 valence electrons. The number of hydrogen-bond acceptors (Lipinski definition) is 3. The zero-order valence-electron chi connectivity index (χ0n) is 18.5. The molecule has 1 aliphatic heterocycles. The number of benzene rings is 1. The molecule has 10 heteroatoms. The molecule has 0 bridgehead atoms. The third kappa shape index (κ3) is 7.36. The van der Waals surface area contributed by atoms with E-state index in [1.54, 1.807) is 25.4 Å². The maximum absolute atomic E-state index is 12.9. The summed E-state index contributed by atoms with van der Waals surface area (Å²) in [6.45, 7) is 3.24. The van der Waals surface area contributed by atoms with Crippen LogP contribution < -0.4 is 10.6 Å². The molecule has 1 saturated heterocycles. The van der Waals surface area contributed by atoms with Crippen molar-refractivity contribution < 1.29 is 13.2 Å². The second-order valence-electron chi connectivity index (χ2n) is 7.95. The third-order valence-electron chi connectivity index (χ3n) is 5.76. The molecule has 1 aliphatic rings. The molecule has 3 rings (SSSR count). The van der Waals surface area contributed by atoms with Crippen LogP contribution in [0.5, 0.6) is 0 Å². The fraction of sp³-hybridized carbons (Fsp3) is 0.545. The molecule has 0 spiro atoms. The first kappa shape index (κ1) is 26.4. The molecular formula is C22H32F3IN6. The topological polar surface area (TPSA) is 57.5 Å². The summed E-state index contributed by atoms with van der Waals surface area (Å²) in [5, 5.41) is 10.9. The molecule has 0 radical (unpaired) electrons. The fourth-order valence-corrected chi connectivity index (χ4v) is 4.20. The standard InChI is InChI=1S/C22H31F3N6.HI/c1-26-21(27-11-4-14-31-15-5-12-29-31)28-16-18-6-3-13-30(2)20(18)17-7-9-19(10-8-17)22(23,24)25;/h5,7-10,12,15,18,20H,3-4,6,11,13-14,16H2,1-2H3,(H2,26,27,28);1H. The van der Waals surface area contributed by atoms with E-state index in [4.69, 9.17) is 0 Å². The molecule has 2 unspecified atom stereocenters. The van der Waals surface area contributed by atoms with Gasteiger partial charge in [-0.05, 0) is 62.5 Å². The number of aliphatic imine (C=N–C) groups is 1. The lowest BCUT2D eigenvalue weighted by Crippen LogP contribution is -2.45. The summed E-state index contributed by atoms with van der Waals surface area (Å²) in [6, 6.07) is 7.57. The summed E-state index contributed by atoms with van der Waals surface area (Å²) in [6.07, 6.45) is 2.39. The Morgan fingerprint density at radius 3 is 2.59 bits per heavy atom. The third-order valence-corrected chi connectivity index (χ3v) is 5.76. The van der Waals surface area contributed by atoms with Gasteiger partial charge in [0, 0.05) is 45.1 Å². The number of nitrogens with one attached hydrogen (secondary N) is 2. The normalized spacial score (nSPS) is 20.0. The van der Waals surface area contributed by atoms with Crippen molar-refractivity contribution in [2.45, 2.75) is 38.0 Å². The van der Waals surface area contributed by atoms with Crippen LogP contribution in [0.2, 0.25) is 0 Å².